The van der Waals surface area contributed by atoms with Crippen molar-refractivity contribution in [2.24, 2.45) is 4.99 Å². The second-order valence-corrected chi connectivity index (χ2v) is 4.68. The third-order valence-corrected chi connectivity index (χ3v) is 3.44. The Kier molecular flexibility index (Phi) is 3.89. The summed E-state index contributed by atoms with van der Waals surface area (Å²) >= 11 is 4.59. The van der Waals surface area contributed by atoms with Gasteiger partial charge in [-0.05, 0) is 50.5 Å². The van der Waals surface area contributed by atoms with Crippen molar-refractivity contribution in [2.75, 3.05) is 31.6 Å². The van der Waals surface area contributed by atoms with Gasteiger partial charge in [0.1, 0.15) is 0 Å². The first-order valence-electron chi connectivity index (χ1n) is 5.84. The van der Waals surface area contributed by atoms with Crippen molar-refractivity contribution in [1.82, 2.24) is 4.90 Å². The standard InChI is InChI=1S/C13H17N3S/c1-11-9-16(8-7-15(11)2)13-5-3-12(4-6-13)14-10-17/h3-6,11H,7-9H2,1-2H3/t11-/m0/s1. The molecule has 0 unspecified atom stereocenters. The number of aliphatic imine (C=N–C) groups is 1. The highest BCUT2D eigenvalue weighted by atomic mass is 32.1. The number of likely N-dealkylation sites (N-methyl/N-ethyl adjacent to an activating group) is 1. The van der Waals surface area contributed by atoms with Crippen LogP contribution >= 0.6 is 12.2 Å². The number of hydrogen-bond donors (Lipinski definition) is 0. The van der Waals surface area contributed by atoms with Crippen LogP contribution in [0.5, 0.6) is 0 Å². The minimum absolute atomic E-state index is 0.599. The highest BCUT2D eigenvalue weighted by Gasteiger charge is 2.20. The third kappa shape index (κ3) is 2.91. The maximum absolute atomic E-state index is 4.59. The summed E-state index contributed by atoms with van der Waals surface area (Å²) in [6.07, 6.45) is 0. The predicted octanol–water partition coefficient (Wildman–Crippen LogP) is 2.56. The maximum atomic E-state index is 4.59. The van der Waals surface area contributed by atoms with E-state index >= 15 is 0 Å². The van der Waals surface area contributed by atoms with E-state index in [2.05, 4.69) is 58.3 Å². The van der Waals surface area contributed by atoms with Gasteiger partial charge < -0.3 is 9.80 Å². The quantitative estimate of drug-likeness (QED) is 0.591. The lowest BCUT2D eigenvalue weighted by atomic mass is 10.1. The molecule has 0 saturated carbocycles. The van der Waals surface area contributed by atoms with Gasteiger partial charge in [-0.1, -0.05) is 0 Å². The van der Waals surface area contributed by atoms with Gasteiger partial charge in [-0.15, -0.1) is 0 Å². The molecule has 1 saturated heterocycles. The van der Waals surface area contributed by atoms with E-state index in [9.17, 15) is 0 Å². The Morgan fingerprint density at radius 3 is 2.59 bits per heavy atom. The van der Waals surface area contributed by atoms with Crippen LogP contribution in [0.2, 0.25) is 0 Å². The van der Waals surface area contributed by atoms with E-state index in [0.717, 1.165) is 25.3 Å². The molecule has 3 nitrogen and oxygen atoms in total. The van der Waals surface area contributed by atoms with E-state index < -0.39 is 0 Å². The second-order valence-electron chi connectivity index (χ2n) is 4.50. The Morgan fingerprint density at radius 2 is 2.00 bits per heavy atom. The van der Waals surface area contributed by atoms with Crippen molar-refractivity contribution < 1.29 is 0 Å². The first-order chi connectivity index (χ1) is 8.20. The lowest BCUT2D eigenvalue weighted by molar-refractivity contribution is 0.234. The molecule has 0 radical (unpaired) electrons. The molecule has 1 heterocycles. The highest BCUT2D eigenvalue weighted by Crippen LogP contribution is 2.21. The molecule has 0 amide bonds. The van der Waals surface area contributed by atoms with Gasteiger partial charge >= 0.3 is 0 Å². The predicted molar refractivity (Wildman–Crippen MR) is 75.4 cm³/mol. The van der Waals surface area contributed by atoms with Crippen molar-refractivity contribution in [3.63, 3.8) is 0 Å². The molecular formula is C13H17N3S. The zero-order valence-electron chi connectivity index (χ0n) is 10.3. The number of anilines is 1. The van der Waals surface area contributed by atoms with Crippen molar-refractivity contribution >= 4 is 28.8 Å². The van der Waals surface area contributed by atoms with Crippen molar-refractivity contribution in [2.45, 2.75) is 13.0 Å². The Bertz CT molecular complexity index is 423. The molecule has 4 heteroatoms. The zero-order valence-corrected chi connectivity index (χ0v) is 11.1. The molecule has 17 heavy (non-hydrogen) atoms. The van der Waals surface area contributed by atoms with Crippen molar-refractivity contribution in [3.05, 3.63) is 24.3 Å². The normalized spacial score (nSPS) is 21.1. The average Bonchev–Trinajstić information content (AvgIpc) is 2.34. The second kappa shape index (κ2) is 5.41. The molecule has 2 rings (SSSR count). The van der Waals surface area contributed by atoms with Gasteiger partial charge in [-0.25, -0.2) is 0 Å². The number of thiocarbonyl (C=S) groups is 1. The summed E-state index contributed by atoms with van der Waals surface area (Å²) in [5.41, 5.74) is 2.12. The van der Waals surface area contributed by atoms with Crippen LogP contribution in [-0.2, 0) is 0 Å². The molecule has 90 valence electrons. The van der Waals surface area contributed by atoms with E-state index in [1.807, 2.05) is 12.1 Å². The number of benzene rings is 1. The Labute approximate surface area is 108 Å². The minimum Gasteiger partial charge on any atom is -0.369 e. The van der Waals surface area contributed by atoms with Crippen LogP contribution in [-0.4, -0.2) is 42.8 Å². The van der Waals surface area contributed by atoms with E-state index in [0.29, 0.717) is 6.04 Å². The minimum atomic E-state index is 0.599. The van der Waals surface area contributed by atoms with Crippen LogP contribution in [0.15, 0.2) is 29.3 Å². The Balaban J connectivity index is 2.10. The monoisotopic (exact) mass is 247 g/mol. The fourth-order valence-corrected chi connectivity index (χ4v) is 2.18. The van der Waals surface area contributed by atoms with Crippen molar-refractivity contribution in [3.8, 4) is 0 Å². The summed E-state index contributed by atoms with van der Waals surface area (Å²) in [5.74, 6) is 0. The lowest BCUT2D eigenvalue weighted by Crippen LogP contribution is -2.50. The van der Waals surface area contributed by atoms with E-state index in [-0.39, 0.29) is 0 Å². The Hall–Kier alpha value is -1.22. The van der Waals surface area contributed by atoms with Crippen LogP contribution in [0.25, 0.3) is 0 Å². The summed E-state index contributed by atoms with van der Waals surface area (Å²) in [6, 6.07) is 8.77. The summed E-state index contributed by atoms with van der Waals surface area (Å²) < 4.78 is 0. The number of isothiocyanates is 1. The molecule has 0 bridgehead atoms. The fourth-order valence-electron chi connectivity index (χ4n) is 2.07. The SMILES string of the molecule is C[C@H]1CN(c2ccc(N=C=S)cc2)CCN1C. The van der Waals surface area contributed by atoms with E-state index in [1.165, 1.54) is 5.69 Å². The topological polar surface area (TPSA) is 18.8 Å². The molecule has 0 aromatic heterocycles. The first kappa shape index (κ1) is 12.2. The van der Waals surface area contributed by atoms with Crippen LogP contribution in [0.4, 0.5) is 11.4 Å². The van der Waals surface area contributed by atoms with Gasteiger partial charge in [0.15, 0.2) is 0 Å². The maximum Gasteiger partial charge on any atom is 0.0741 e. The van der Waals surface area contributed by atoms with Gasteiger partial charge in [0, 0.05) is 31.4 Å². The number of hydrogen-bond acceptors (Lipinski definition) is 4. The summed E-state index contributed by atoms with van der Waals surface area (Å²) in [5, 5.41) is 2.38. The third-order valence-electron chi connectivity index (χ3n) is 3.35. The molecular weight excluding hydrogens is 230 g/mol. The van der Waals surface area contributed by atoms with Gasteiger partial charge in [0.2, 0.25) is 0 Å². The molecule has 1 aliphatic heterocycles. The zero-order chi connectivity index (χ0) is 12.3. The van der Waals surface area contributed by atoms with Gasteiger partial charge in [0.25, 0.3) is 0 Å². The van der Waals surface area contributed by atoms with Gasteiger partial charge in [-0.3, -0.25) is 0 Å². The number of nitrogens with zero attached hydrogens (tertiary/aromatic N) is 3. The molecule has 1 aliphatic rings. The molecule has 1 aromatic rings. The molecule has 0 N–H and O–H groups in total. The summed E-state index contributed by atoms with van der Waals surface area (Å²) in [4.78, 5) is 8.76. The van der Waals surface area contributed by atoms with Crippen molar-refractivity contribution in [1.29, 1.82) is 0 Å². The summed E-state index contributed by atoms with van der Waals surface area (Å²) in [6.45, 7) is 5.53. The average molecular weight is 247 g/mol. The van der Waals surface area contributed by atoms with E-state index in [4.69, 9.17) is 0 Å². The molecule has 0 aliphatic carbocycles. The fraction of sp³-hybridized carbons (Fsp3) is 0.462. The lowest BCUT2D eigenvalue weighted by Gasteiger charge is -2.39. The molecule has 1 aromatic carbocycles. The number of rotatable bonds is 2. The highest BCUT2D eigenvalue weighted by molar-refractivity contribution is 7.78. The number of piperazine rings is 1. The van der Waals surface area contributed by atoms with Crippen LogP contribution in [0.1, 0.15) is 6.92 Å². The molecule has 1 atom stereocenters. The van der Waals surface area contributed by atoms with Crippen LogP contribution < -0.4 is 4.90 Å². The van der Waals surface area contributed by atoms with Crippen LogP contribution in [0.3, 0.4) is 0 Å². The smallest absolute Gasteiger partial charge is 0.0741 e. The van der Waals surface area contributed by atoms with Gasteiger partial charge in [-0.2, -0.15) is 4.99 Å². The Morgan fingerprint density at radius 1 is 1.29 bits per heavy atom. The van der Waals surface area contributed by atoms with Crippen LogP contribution in [0, 0.1) is 0 Å². The first-order valence-corrected chi connectivity index (χ1v) is 6.24. The largest absolute Gasteiger partial charge is 0.369 e. The summed E-state index contributed by atoms with van der Waals surface area (Å²) in [7, 11) is 2.18. The van der Waals surface area contributed by atoms with Gasteiger partial charge in [0.05, 0.1) is 10.8 Å². The molecule has 1 fully saturated rings. The molecule has 0 spiro atoms. The van der Waals surface area contributed by atoms with E-state index in [1.54, 1.807) is 0 Å².